The normalized spacial score (nSPS) is 11.8. The van der Waals surface area contributed by atoms with Crippen LogP contribution in [0.4, 0.5) is 17.1 Å². The first-order chi connectivity index (χ1) is 22.1. The number of hydrogen-bond acceptors (Lipinski definition) is 5. The second kappa shape index (κ2) is 12.3. The van der Waals surface area contributed by atoms with Gasteiger partial charge in [-0.1, -0.05) is 105 Å². The zero-order valence-corrected chi connectivity index (χ0v) is 25.7. The first-order valence-corrected chi connectivity index (χ1v) is 15.5. The molecule has 5 heteroatoms. The van der Waals surface area contributed by atoms with Gasteiger partial charge in [0.15, 0.2) is 0 Å². The number of fused-ring (bicyclic) bond motifs is 3. The number of rotatable bonds is 10. The fraction of sp³-hybridized carbons (Fsp3) is 0.150. The van der Waals surface area contributed by atoms with E-state index in [2.05, 4.69) is 145 Å². The van der Waals surface area contributed by atoms with Crippen molar-refractivity contribution < 1.29 is 0 Å². The summed E-state index contributed by atoms with van der Waals surface area (Å²) in [6.07, 6.45) is 0.635. The Kier molecular flexibility index (Phi) is 7.75. The molecular weight excluding hydrogens is 550 g/mol. The molecule has 5 aromatic carbocycles. The van der Waals surface area contributed by atoms with Gasteiger partial charge in [0.2, 0.25) is 0 Å². The number of benzene rings is 5. The third-order valence-electron chi connectivity index (χ3n) is 8.17. The quantitative estimate of drug-likeness (QED) is 0.150. The molecule has 0 atom stereocenters. The topological polar surface area (TPSA) is 53.7 Å². The number of para-hydroxylation sites is 2. The highest BCUT2D eigenvalue weighted by Gasteiger charge is 2.27. The fourth-order valence-electron chi connectivity index (χ4n) is 5.99. The summed E-state index contributed by atoms with van der Waals surface area (Å²) in [7, 11) is 0. The molecule has 0 radical (unpaired) electrons. The molecule has 220 valence electrons. The SMILES string of the molecule is C=C(c1ccc(N(c2ccccc2)c2ccccc2)cc1)c1nc2c(nc1CCN=NCC(C)C)-c1cccc3cccc-2c13. The van der Waals surface area contributed by atoms with Gasteiger partial charge in [-0.15, -0.1) is 0 Å². The number of nitrogens with zero attached hydrogens (tertiary/aromatic N) is 5. The Morgan fingerprint density at radius 2 is 1.24 bits per heavy atom. The van der Waals surface area contributed by atoms with Crippen molar-refractivity contribution in [3.05, 3.63) is 145 Å². The van der Waals surface area contributed by atoms with Gasteiger partial charge in [-0.3, -0.25) is 0 Å². The van der Waals surface area contributed by atoms with E-state index in [1.165, 1.54) is 10.8 Å². The molecule has 0 N–H and O–H groups in total. The van der Waals surface area contributed by atoms with E-state index < -0.39 is 0 Å². The average molecular weight is 586 g/mol. The molecule has 6 aromatic rings. The second-order valence-corrected chi connectivity index (χ2v) is 11.8. The smallest absolute Gasteiger partial charge is 0.0979 e. The Morgan fingerprint density at radius 3 is 1.84 bits per heavy atom. The molecule has 1 aliphatic carbocycles. The minimum atomic E-state index is 0.477. The number of aromatic nitrogens is 2. The summed E-state index contributed by atoms with van der Waals surface area (Å²) in [5.41, 5.74) is 10.9. The fourth-order valence-corrected chi connectivity index (χ4v) is 5.99. The lowest BCUT2D eigenvalue weighted by atomic mass is 10.00. The number of azo groups is 1. The zero-order chi connectivity index (χ0) is 30.8. The summed E-state index contributed by atoms with van der Waals surface area (Å²) >= 11 is 0. The van der Waals surface area contributed by atoms with E-state index in [1.807, 2.05) is 12.1 Å². The lowest BCUT2D eigenvalue weighted by Crippen LogP contribution is -2.10. The van der Waals surface area contributed by atoms with Crippen molar-refractivity contribution in [3.63, 3.8) is 0 Å². The van der Waals surface area contributed by atoms with Gasteiger partial charge in [0.05, 0.1) is 35.9 Å². The summed E-state index contributed by atoms with van der Waals surface area (Å²) in [6, 6.07) is 42.2. The number of hydrogen-bond donors (Lipinski definition) is 0. The first kappa shape index (κ1) is 28.4. The Morgan fingerprint density at radius 1 is 0.667 bits per heavy atom. The van der Waals surface area contributed by atoms with Crippen LogP contribution in [0.3, 0.4) is 0 Å². The highest BCUT2D eigenvalue weighted by molar-refractivity contribution is 6.13. The van der Waals surface area contributed by atoms with Gasteiger partial charge in [0.25, 0.3) is 0 Å². The maximum Gasteiger partial charge on any atom is 0.0979 e. The molecule has 0 spiro atoms. The summed E-state index contributed by atoms with van der Waals surface area (Å²) < 4.78 is 0. The molecule has 0 fully saturated rings. The van der Waals surface area contributed by atoms with E-state index in [1.54, 1.807) is 0 Å². The Balaban J connectivity index is 1.27. The van der Waals surface area contributed by atoms with Gasteiger partial charge in [0.1, 0.15) is 0 Å². The summed E-state index contributed by atoms with van der Waals surface area (Å²) in [5.74, 6) is 0.477. The van der Waals surface area contributed by atoms with Crippen LogP contribution in [0.5, 0.6) is 0 Å². The monoisotopic (exact) mass is 585 g/mol. The molecule has 5 nitrogen and oxygen atoms in total. The third-order valence-corrected chi connectivity index (χ3v) is 8.17. The van der Waals surface area contributed by atoms with Crippen molar-refractivity contribution in [2.24, 2.45) is 16.1 Å². The Hall–Kier alpha value is -5.42. The van der Waals surface area contributed by atoms with Gasteiger partial charge in [0, 0.05) is 45.6 Å². The van der Waals surface area contributed by atoms with Gasteiger partial charge in [-0.2, -0.15) is 10.2 Å². The van der Waals surface area contributed by atoms with Crippen LogP contribution in [0.15, 0.2) is 138 Å². The lowest BCUT2D eigenvalue weighted by Gasteiger charge is -2.25. The van der Waals surface area contributed by atoms with Crippen molar-refractivity contribution in [3.8, 4) is 22.5 Å². The second-order valence-electron chi connectivity index (χ2n) is 11.8. The van der Waals surface area contributed by atoms with Crippen LogP contribution >= 0.6 is 0 Å². The van der Waals surface area contributed by atoms with Crippen LogP contribution in [-0.2, 0) is 6.42 Å². The molecule has 1 heterocycles. The molecule has 7 rings (SSSR count). The van der Waals surface area contributed by atoms with Gasteiger partial charge in [-0.25, -0.2) is 9.97 Å². The highest BCUT2D eigenvalue weighted by Crippen LogP contribution is 2.46. The maximum atomic E-state index is 5.30. The van der Waals surface area contributed by atoms with Crippen molar-refractivity contribution in [1.82, 2.24) is 9.97 Å². The van der Waals surface area contributed by atoms with Crippen LogP contribution in [-0.4, -0.2) is 23.1 Å². The molecule has 0 saturated carbocycles. The third kappa shape index (κ3) is 5.53. The first-order valence-electron chi connectivity index (χ1n) is 15.5. The van der Waals surface area contributed by atoms with E-state index in [9.17, 15) is 0 Å². The van der Waals surface area contributed by atoms with Gasteiger partial charge < -0.3 is 4.90 Å². The predicted molar refractivity (Wildman–Crippen MR) is 186 cm³/mol. The van der Waals surface area contributed by atoms with E-state index >= 15 is 0 Å². The van der Waals surface area contributed by atoms with Crippen molar-refractivity contribution in [1.29, 1.82) is 0 Å². The molecule has 45 heavy (non-hydrogen) atoms. The minimum Gasteiger partial charge on any atom is -0.311 e. The highest BCUT2D eigenvalue weighted by atomic mass is 15.1. The van der Waals surface area contributed by atoms with Crippen LogP contribution in [0.2, 0.25) is 0 Å². The lowest BCUT2D eigenvalue weighted by molar-refractivity contribution is 0.634. The summed E-state index contributed by atoms with van der Waals surface area (Å²) in [6.45, 7) is 10.1. The summed E-state index contributed by atoms with van der Waals surface area (Å²) in [4.78, 5) is 12.8. The molecule has 1 aromatic heterocycles. The molecule has 0 amide bonds. The van der Waals surface area contributed by atoms with E-state index in [0.717, 1.165) is 68.6 Å². The molecular formula is C40H35N5. The van der Waals surface area contributed by atoms with E-state index in [0.29, 0.717) is 18.9 Å². The van der Waals surface area contributed by atoms with Crippen LogP contribution in [0.1, 0.15) is 30.8 Å². The van der Waals surface area contributed by atoms with Gasteiger partial charge in [-0.05, 0) is 53.3 Å². The minimum absolute atomic E-state index is 0.477. The zero-order valence-electron chi connectivity index (χ0n) is 25.7. The summed E-state index contributed by atoms with van der Waals surface area (Å²) in [5, 5.41) is 11.3. The van der Waals surface area contributed by atoms with E-state index in [4.69, 9.17) is 9.97 Å². The van der Waals surface area contributed by atoms with E-state index in [-0.39, 0.29) is 0 Å². The Labute approximate surface area is 264 Å². The number of anilines is 3. The average Bonchev–Trinajstić information content (AvgIpc) is 3.39. The van der Waals surface area contributed by atoms with Crippen LogP contribution in [0.25, 0.3) is 38.9 Å². The Bertz CT molecular complexity index is 1970. The molecule has 1 aliphatic rings. The van der Waals surface area contributed by atoms with Crippen LogP contribution < -0.4 is 4.90 Å². The molecule has 0 bridgehead atoms. The maximum absolute atomic E-state index is 5.30. The molecule has 0 aliphatic heterocycles. The van der Waals surface area contributed by atoms with Crippen molar-refractivity contribution in [2.75, 3.05) is 18.0 Å². The molecule has 0 unspecified atom stereocenters. The predicted octanol–water partition coefficient (Wildman–Crippen LogP) is 10.5. The standard InChI is InChI=1S/C40H35N5/c1-27(2)26-42-41-25-24-36-38(44-40-35-19-11-13-30-12-10-18-34(37(30)35)39(40)43-36)28(3)29-20-22-33(23-21-29)45(31-14-6-4-7-15-31)32-16-8-5-9-17-32/h4-23,27H,3,24-26H2,1-2H3. The largest absolute Gasteiger partial charge is 0.311 e. The van der Waals surface area contributed by atoms with Crippen molar-refractivity contribution >= 4 is 33.4 Å². The van der Waals surface area contributed by atoms with Gasteiger partial charge >= 0.3 is 0 Å². The van der Waals surface area contributed by atoms with Crippen LogP contribution in [0, 0.1) is 5.92 Å². The molecule has 0 saturated heterocycles. The van der Waals surface area contributed by atoms with Crippen molar-refractivity contribution in [2.45, 2.75) is 20.3 Å².